The van der Waals surface area contributed by atoms with Gasteiger partial charge in [0.25, 0.3) is 0 Å². The molecule has 0 bridgehead atoms. The maximum Gasteiger partial charge on any atom is 0.240 e. The number of pyridine rings is 2. The van der Waals surface area contributed by atoms with E-state index in [9.17, 15) is 8.42 Å². The van der Waals surface area contributed by atoms with Gasteiger partial charge in [-0.05, 0) is 48.7 Å². The fourth-order valence-electron chi connectivity index (χ4n) is 4.07. The van der Waals surface area contributed by atoms with Crippen molar-refractivity contribution in [3.05, 3.63) is 60.6 Å². The lowest BCUT2D eigenvalue weighted by molar-refractivity contribution is 0.301. The Balaban J connectivity index is 1.69. The number of nitrogens with one attached hydrogen (secondary N) is 1. The first kappa shape index (κ1) is 19.8. The van der Waals surface area contributed by atoms with E-state index in [0.717, 1.165) is 53.0 Å². The van der Waals surface area contributed by atoms with Gasteiger partial charge in [-0.2, -0.15) is 5.10 Å². The van der Waals surface area contributed by atoms with Crippen molar-refractivity contribution in [2.75, 3.05) is 13.2 Å². The van der Waals surface area contributed by atoms with Crippen LogP contribution in [0.25, 0.3) is 33.4 Å². The van der Waals surface area contributed by atoms with Gasteiger partial charge in [0, 0.05) is 42.1 Å². The van der Waals surface area contributed by atoms with Crippen molar-refractivity contribution in [1.82, 2.24) is 24.5 Å². The lowest BCUT2D eigenvalue weighted by atomic mass is 9.97. The summed E-state index contributed by atoms with van der Waals surface area (Å²) in [7, 11) is -3.72. The Morgan fingerprint density at radius 3 is 2.81 bits per heavy atom. The molecule has 0 atom stereocenters. The third kappa shape index (κ3) is 3.50. The molecular formula is C22H21N5O3S. The number of hydrogen-bond acceptors (Lipinski definition) is 6. The predicted octanol–water partition coefficient (Wildman–Crippen LogP) is 2.38. The molecule has 1 aliphatic heterocycles. The van der Waals surface area contributed by atoms with Crippen LogP contribution in [-0.4, -0.2) is 46.4 Å². The third-order valence-corrected chi connectivity index (χ3v) is 6.91. The summed E-state index contributed by atoms with van der Waals surface area (Å²) in [5.41, 5.74) is 5.35. The number of aryl methyl sites for hydroxylation is 1. The second-order valence-corrected chi connectivity index (χ2v) is 9.14. The number of rotatable bonds is 6. The molecule has 0 saturated heterocycles. The van der Waals surface area contributed by atoms with E-state index in [1.165, 1.54) is 0 Å². The first-order chi connectivity index (χ1) is 15.1. The highest BCUT2D eigenvalue weighted by molar-refractivity contribution is 7.89. The predicted molar refractivity (Wildman–Crippen MR) is 117 cm³/mol. The number of aromatic nitrogens is 4. The molecule has 0 spiro atoms. The van der Waals surface area contributed by atoms with Crippen molar-refractivity contribution in [3.8, 4) is 22.5 Å². The van der Waals surface area contributed by atoms with Gasteiger partial charge in [-0.1, -0.05) is 12.1 Å². The van der Waals surface area contributed by atoms with Gasteiger partial charge < -0.3 is 5.11 Å². The molecule has 0 amide bonds. The Bertz CT molecular complexity index is 1370. The molecule has 0 unspecified atom stereocenters. The van der Waals surface area contributed by atoms with Crippen LogP contribution < -0.4 is 4.72 Å². The van der Waals surface area contributed by atoms with Crippen LogP contribution >= 0.6 is 0 Å². The maximum atomic E-state index is 12.5. The molecule has 0 fully saturated rings. The van der Waals surface area contributed by atoms with Crippen LogP contribution in [0.4, 0.5) is 0 Å². The van der Waals surface area contributed by atoms with Crippen LogP contribution in [0, 0.1) is 0 Å². The molecule has 1 aliphatic rings. The number of aliphatic hydroxyl groups excluding tert-OH is 1. The number of aliphatic hydroxyl groups is 1. The molecule has 8 nitrogen and oxygen atoms in total. The van der Waals surface area contributed by atoms with Crippen molar-refractivity contribution in [2.24, 2.45) is 0 Å². The summed E-state index contributed by atoms with van der Waals surface area (Å²) in [5.74, 6) is 0. The Kier molecular flexibility index (Phi) is 5.01. The highest BCUT2D eigenvalue weighted by Gasteiger charge is 2.26. The average molecular weight is 436 g/mol. The van der Waals surface area contributed by atoms with Gasteiger partial charge in [-0.15, -0.1) is 0 Å². The Hall–Kier alpha value is -3.14. The molecular weight excluding hydrogens is 414 g/mol. The number of fused-ring (bicyclic) bond motifs is 2. The molecule has 1 aromatic carbocycles. The highest BCUT2D eigenvalue weighted by atomic mass is 32.2. The van der Waals surface area contributed by atoms with E-state index in [1.54, 1.807) is 30.6 Å². The summed E-state index contributed by atoms with van der Waals surface area (Å²) in [6.07, 6.45) is 5.41. The minimum absolute atomic E-state index is 0.0379. The molecule has 2 N–H and O–H groups in total. The lowest BCUT2D eigenvalue weighted by Crippen LogP contribution is -2.26. The van der Waals surface area contributed by atoms with E-state index in [-0.39, 0.29) is 18.0 Å². The van der Waals surface area contributed by atoms with Crippen molar-refractivity contribution >= 4 is 20.9 Å². The molecule has 5 rings (SSSR count). The molecule has 4 aromatic rings. The second-order valence-electron chi connectivity index (χ2n) is 7.37. The van der Waals surface area contributed by atoms with Crippen LogP contribution in [0.2, 0.25) is 0 Å². The van der Waals surface area contributed by atoms with E-state index in [2.05, 4.69) is 14.7 Å². The smallest absolute Gasteiger partial charge is 0.240 e. The largest absolute Gasteiger partial charge is 0.395 e. The maximum absolute atomic E-state index is 12.5. The van der Waals surface area contributed by atoms with Gasteiger partial charge in [0.15, 0.2) is 0 Å². The first-order valence-corrected chi connectivity index (χ1v) is 11.6. The van der Waals surface area contributed by atoms with Gasteiger partial charge in [-0.3, -0.25) is 14.6 Å². The molecule has 31 heavy (non-hydrogen) atoms. The zero-order valence-corrected chi connectivity index (χ0v) is 17.5. The van der Waals surface area contributed by atoms with Crippen molar-refractivity contribution in [2.45, 2.75) is 24.3 Å². The van der Waals surface area contributed by atoms with E-state index < -0.39 is 10.0 Å². The van der Waals surface area contributed by atoms with Crippen molar-refractivity contribution < 1.29 is 13.5 Å². The first-order valence-electron chi connectivity index (χ1n) is 10.1. The summed E-state index contributed by atoms with van der Waals surface area (Å²) >= 11 is 0. The Labute approximate surface area is 179 Å². The van der Waals surface area contributed by atoms with Gasteiger partial charge >= 0.3 is 0 Å². The van der Waals surface area contributed by atoms with Gasteiger partial charge in [0.05, 0.1) is 22.7 Å². The summed E-state index contributed by atoms with van der Waals surface area (Å²) in [5, 5.41) is 14.6. The number of hydrogen-bond donors (Lipinski definition) is 2. The van der Waals surface area contributed by atoms with Crippen LogP contribution in [0.5, 0.6) is 0 Å². The minimum atomic E-state index is -3.72. The highest BCUT2D eigenvalue weighted by Crippen LogP contribution is 2.39. The van der Waals surface area contributed by atoms with Crippen LogP contribution in [0.3, 0.4) is 0 Å². The zero-order valence-electron chi connectivity index (χ0n) is 16.7. The van der Waals surface area contributed by atoms with E-state index >= 15 is 0 Å². The summed E-state index contributed by atoms with van der Waals surface area (Å²) in [6.45, 7) is 0.569. The molecule has 4 heterocycles. The zero-order chi connectivity index (χ0) is 21.4. The third-order valence-electron chi connectivity index (χ3n) is 5.45. The topological polar surface area (TPSA) is 110 Å². The van der Waals surface area contributed by atoms with Crippen molar-refractivity contribution in [3.63, 3.8) is 0 Å². The molecule has 0 saturated carbocycles. The van der Waals surface area contributed by atoms with Gasteiger partial charge in [0.1, 0.15) is 5.69 Å². The monoisotopic (exact) mass is 435 g/mol. The van der Waals surface area contributed by atoms with Crippen LogP contribution in [-0.2, 0) is 23.0 Å². The summed E-state index contributed by atoms with van der Waals surface area (Å²) in [6, 6.07) is 12.6. The Morgan fingerprint density at radius 2 is 2.00 bits per heavy atom. The van der Waals surface area contributed by atoms with E-state index in [1.807, 2.05) is 28.9 Å². The fourth-order valence-corrected chi connectivity index (χ4v) is 5.11. The molecule has 3 aromatic heterocycles. The lowest BCUT2D eigenvalue weighted by Gasteiger charge is -2.11. The molecule has 158 valence electrons. The molecule has 9 heteroatoms. The SMILES string of the molecule is O=S(=O)(NCCO)c1ccc2c(-c3c(-c4ccccn4)nn4c3CCC4)ccnc2c1. The van der Waals surface area contributed by atoms with Gasteiger partial charge in [-0.25, -0.2) is 13.1 Å². The normalized spacial score (nSPS) is 13.6. The summed E-state index contributed by atoms with van der Waals surface area (Å²) in [4.78, 5) is 9.04. The molecule has 0 radical (unpaired) electrons. The van der Waals surface area contributed by atoms with Crippen LogP contribution in [0.1, 0.15) is 12.1 Å². The second kappa shape index (κ2) is 7.84. The standard InChI is InChI=1S/C22H21N5O3S/c28-13-11-25-31(29,30)15-6-7-16-17(8-10-24-19(16)14-15)21-20-5-3-12-27(20)26-22(21)18-4-1-2-9-23-18/h1-2,4,6-10,14,25,28H,3,5,11-13H2. The summed E-state index contributed by atoms with van der Waals surface area (Å²) < 4.78 is 29.4. The number of benzene rings is 1. The molecule has 0 aliphatic carbocycles. The van der Waals surface area contributed by atoms with Crippen LogP contribution in [0.15, 0.2) is 59.8 Å². The fraction of sp³-hybridized carbons (Fsp3) is 0.227. The average Bonchev–Trinajstić information content (AvgIpc) is 3.39. The van der Waals surface area contributed by atoms with Gasteiger partial charge in [0.2, 0.25) is 10.0 Å². The minimum Gasteiger partial charge on any atom is -0.395 e. The number of sulfonamides is 1. The quantitative estimate of drug-likeness (QED) is 0.481. The van der Waals surface area contributed by atoms with E-state index in [4.69, 9.17) is 10.2 Å². The van der Waals surface area contributed by atoms with Crippen molar-refractivity contribution in [1.29, 1.82) is 0 Å². The Morgan fingerprint density at radius 1 is 1.10 bits per heavy atom. The number of nitrogens with zero attached hydrogens (tertiary/aromatic N) is 4. The van der Waals surface area contributed by atoms with E-state index in [0.29, 0.717) is 5.52 Å².